The Kier molecular flexibility index (Phi) is 6.42. The fourth-order valence-electron chi connectivity index (χ4n) is 2.60. The number of hydrogen-bond donors (Lipinski definition) is 2. The maximum Gasteiger partial charge on any atom is 0.238 e. The molecule has 0 bridgehead atoms. The molecule has 5 heteroatoms. The molecule has 132 valence electrons. The van der Waals surface area contributed by atoms with Gasteiger partial charge in [0, 0.05) is 17.3 Å². The highest BCUT2D eigenvalue weighted by atomic mass is 19.1. The van der Waals surface area contributed by atoms with Crippen LogP contribution in [0, 0.1) is 11.7 Å². The lowest BCUT2D eigenvalue weighted by Crippen LogP contribution is -2.33. The molecule has 0 spiro atoms. The van der Waals surface area contributed by atoms with Crippen molar-refractivity contribution in [3.63, 3.8) is 0 Å². The number of rotatable bonds is 7. The number of carbonyl (C=O) groups excluding carboxylic acids is 2. The molecule has 1 atom stereocenters. The molecule has 0 saturated heterocycles. The number of amides is 1. The Morgan fingerprint density at radius 1 is 1.00 bits per heavy atom. The van der Waals surface area contributed by atoms with Gasteiger partial charge in [-0.25, -0.2) is 4.39 Å². The smallest absolute Gasteiger partial charge is 0.238 e. The van der Waals surface area contributed by atoms with Gasteiger partial charge < -0.3 is 10.6 Å². The van der Waals surface area contributed by atoms with E-state index in [2.05, 4.69) is 10.6 Å². The molecule has 0 aliphatic rings. The van der Waals surface area contributed by atoms with Gasteiger partial charge in [0.25, 0.3) is 0 Å². The second kappa shape index (κ2) is 8.53. The first-order valence-corrected chi connectivity index (χ1v) is 8.26. The molecule has 4 nitrogen and oxygen atoms in total. The number of ketones is 1. The van der Waals surface area contributed by atoms with Crippen molar-refractivity contribution in [2.75, 3.05) is 11.9 Å². The van der Waals surface area contributed by atoms with Crippen LogP contribution in [0.3, 0.4) is 0 Å². The van der Waals surface area contributed by atoms with Crippen LogP contribution < -0.4 is 10.6 Å². The molecule has 0 aliphatic heterocycles. The molecule has 0 radical (unpaired) electrons. The van der Waals surface area contributed by atoms with E-state index < -0.39 is 0 Å². The van der Waals surface area contributed by atoms with Gasteiger partial charge in [-0.1, -0.05) is 26.0 Å². The average molecular weight is 342 g/mol. The summed E-state index contributed by atoms with van der Waals surface area (Å²) in [6.07, 6.45) is 0. The van der Waals surface area contributed by atoms with E-state index in [9.17, 15) is 14.0 Å². The van der Waals surface area contributed by atoms with Crippen molar-refractivity contribution in [3.8, 4) is 0 Å². The van der Waals surface area contributed by atoms with Gasteiger partial charge in [0.05, 0.1) is 6.54 Å². The van der Waals surface area contributed by atoms with Gasteiger partial charge in [-0.3, -0.25) is 9.59 Å². The second-order valence-corrected chi connectivity index (χ2v) is 6.34. The largest absolute Gasteiger partial charge is 0.325 e. The SMILES string of the molecule is CC(=O)c1ccc(NC(=O)CN[C@H](c2ccc(F)cc2)C(C)C)cc1. The zero-order valence-corrected chi connectivity index (χ0v) is 14.7. The van der Waals surface area contributed by atoms with E-state index in [-0.39, 0.29) is 36.0 Å². The van der Waals surface area contributed by atoms with Gasteiger partial charge >= 0.3 is 0 Å². The van der Waals surface area contributed by atoms with Gasteiger partial charge in [0.15, 0.2) is 5.78 Å². The van der Waals surface area contributed by atoms with E-state index in [1.165, 1.54) is 19.1 Å². The molecule has 2 aromatic carbocycles. The topological polar surface area (TPSA) is 58.2 Å². The molecular formula is C20H23FN2O2. The summed E-state index contributed by atoms with van der Waals surface area (Å²) in [6, 6.07) is 13.0. The number of anilines is 1. The fourth-order valence-corrected chi connectivity index (χ4v) is 2.60. The number of hydrogen-bond acceptors (Lipinski definition) is 3. The van der Waals surface area contributed by atoms with E-state index in [1.54, 1.807) is 36.4 Å². The molecular weight excluding hydrogens is 319 g/mol. The van der Waals surface area contributed by atoms with Crippen LogP contribution in [0.25, 0.3) is 0 Å². The standard InChI is InChI=1S/C20H23FN2O2/c1-13(2)20(16-4-8-17(21)9-5-16)22-12-19(25)23-18-10-6-15(7-11-18)14(3)24/h4-11,13,20,22H,12H2,1-3H3,(H,23,25)/t20-/m0/s1. The molecule has 2 N–H and O–H groups in total. The third-order valence-electron chi connectivity index (χ3n) is 3.95. The average Bonchev–Trinajstić information content (AvgIpc) is 2.57. The van der Waals surface area contributed by atoms with E-state index in [4.69, 9.17) is 0 Å². The predicted octanol–water partition coefficient (Wildman–Crippen LogP) is 3.95. The maximum absolute atomic E-state index is 13.1. The summed E-state index contributed by atoms with van der Waals surface area (Å²) in [4.78, 5) is 23.4. The Morgan fingerprint density at radius 3 is 2.12 bits per heavy atom. The van der Waals surface area contributed by atoms with Gasteiger partial charge in [0.2, 0.25) is 5.91 Å². The molecule has 2 aromatic rings. The first-order valence-electron chi connectivity index (χ1n) is 8.26. The van der Waals surface area contributed by atoms with Gasteiger partial charge in [0.1, 0.15) is 5.82 Å². The molecule has 0 aromatic heterocycles. The Bertz CT molecular complexity index is 724. The molecule has 0 aliphatic carbocycles. The van der Waals surface area contributed by atoms with E-state index >= 15 is 0 Å². The van der Waals surface area contributed by atoms with Crippen LogP contribution in [-0.2, 0) is 4.79 Å². The van der Waals surface area contributed by atoms with E-state index in [1.807, 2.05) is 13.8 Å². The van der Waals surface area contributed by atoms with Crippen molar-refractivity contribution < 1.29 is 14.0 Å². The normalized spacial score (nSPS) is 12.0. The van der Waals surface area contributed by atoms with Crippen LogP contribution in [0.1, 0.15) is 42.7 Å². The highest BCUT2D eigenvalue weighted by Gasteiger charge is 2.16. The van der Waals surface area contributed by atoms with Crippen molar-refractivity contribution in [1.29, 1.82) is 0 Å². The summed E-state index contributed by atoms with van der Waals surface area (Å²) in [7, 11) is 0. The molecule has 0 heterocycles. The fraction of sp³-hybridized carbons (Fsp3) is 0.300. The molecule has 0 unspecified atom stereocenters. The second-order valence-electron chi connectivity index (χ2n) is 6.34. The number of nitrogens with one attached hydrogen (secondary N) is 2. The predicted molar refractivity (Wildman–Crippen MR) is 97.1 cm³/mol. The molecule has 2 rings (SSSR count). The van der Waals surface area contributed by atoms with Crippen molar-refractivity contribution in [2.24, 2.45) is 5.92 Å². The summed E-state index contributed by atoms with van der Waals surface area (Å²) < 4.78 is 13.1. The Balaban J connectivity index is 1.94. The lowest BCUT2D eigenvalue weighted by atomic mass is 9.96. The van der Waals surface area contributed by atoms with Gasteiger partial charge in [-0.05, 0) is 54.8 Å². The third-order valence-corrected chi connectivity index (χ3v) is 3.95. The molecule has 1 amide bonds. The maximum atomic E-state index is 13.1. The zero-order valence-electron chi connectivity index (χ0n) is 14.7. The summed E-state index contributed by atoms with van der Waals surface area (Å²) in [6.45, 7) is 5.71. The highest BCUT2D eigenvalue weighted by Crippen LogP contribution is 2.21. The van der Waals surface area contributed by atoms with Crippen LogP contribution in [0.4, 0.5) is 10.1 Å². The molecule has 0 fully saturated rings. The van der Waals surface area contributed by atoms with Gasteiger partial charge in [-0.2, -0.15) is 0 Å². The Labute approximate surface area is 147 Å². The highest BCUT2D eigenvalue weighted by molar-refractivity contribution is 5.96. The first-order chi connectivity index (χ1) is 11.9. The van der Waals surface area contributed by atoms with Crippen molar-refractivity contribution in [1.82, 2.24) is 5.32 Å². The number of carbonyl (C=O) groups is 2. The van der Waals surface area contributed by atoms with Crippen LogP contribution in [-0.4, -0.2) is 18.2 Å². The molecule has 0 saturated carbocycles. The quantitative estimate of drug-likeness (QED) is 0.749. The first kappa shape index (κ1) is 18.8. The molecule has 25 heavy (non-hydrogen) atoms. The lowest BCUT2D eigenvalue weighted by Gasteiger charge is -2.22. The Hall–Kier alpha value is -2.53. The van der Waals surface area contributed by atoms with E-state index in [0.29, 0.717) is 11.3 Å². The third kappa shape index (κ3) is 5.50. The van der Waals surface area contributed by atoms with Gasteiger partial charge in [-0.15, -0.1) is 0 Å². The van der Waals surface area contributed by atoms with Crippen molar-refractivity contribution >= 4 is 17.4 Å². The monoisotopic (exact) mass is 342 g/mol. The summed E-state index contributed by atoms with van der Waals surface area (Å²) in [5.74, 6) is -0.229. The minimum atomic E-state index is -0.280. The summed E-state index contributed by atoms with van der Waals surface area (Å²) in [5, 5.41) is 6.01. The number of Topliss-reactive ketones (excluding diaryl/α,β-unsaturated/α-hetero) is 1. The van der Waals surface area contributed by atoms with E-state index in [0.717, 1.165) is 5.56 Å². The minimum Gasteiger partial charge on any atom is -0.325 e. The van der Waals surface area contributed by atoms with Crippen LogP contribution in [0.15, 0.2) is 48.5 Å². The number of halogens is 1. The van der Waals surface area contributed by atoms with Crippen LogP contribution in [0.5, 0.6) is 0 Å². The zero-order chi connectivity index (χ0) is 18.4. The summed E-state index contributed by atoms with van der Waals surface area (Å²) >= 11 is 0. The lowest BCUT2D eigenvalue weighted by molar-refractivity contribution is -0.115. The minimum absolute atomic E-state index is 0.0152. The summed E-state index contributed by atoms with van der Waals surface area (Å²) in [5.41, 5.74) is 2.18. The number of benzene rings is 2. The van der Waals surface area contributed by atoms with Crippen molar-refractivity contribution in [3.05, 3.63) is 65.5 Å². The van der Waals surface area contributed by atoms with Crippen LogP contribution in [0.2, 0.25) is 0 Å². The van der Waals surface area contributed by atoms with Crippen molar-refractivity contribution in [2.45, 2.75) is 26.8 Å². The van der Waals surface area contributed by atoms with Crippen LogP contribution >= 0.6 is 0 Å². The Morgan fingerprint density at radius 2 is 1.60 bits per heavy atom.